The van der Waals surface area contributed by atoms with E-state index in [9.17, 15) is 0 Å². The van der Waals surface area contributed by atoms with Gasteiger partial charge in [0.15, 0.2) is 5.65 Å². The standard InChI is InChI=1S/C11H17N5O2/c1-4-12-11-14-9-8(5-13-16-9)10(15-11)18-7(2)6-17-3/h5,7H,4,6H2,1-3H3,(H2,12,13,14,15,16). The Labute approximate surface area is 105 Å². The van der Waals surface area contributed by atoms with Crippen LogP contribution in [0.25, 0.3) is 11.0 Å². The Morgan fingerprint density at radius 3 is 3.00 bits per heavy atom. The predicted octanol–water partition coefficient (Wildman–Crippen LogP) is 1.20. The number of fused-ring (bicyclic) bond motifs is 1. The van der Waals surface area contributed by atoms with Gasteiger partial charge in [0, 0.05) is 13.7 Å². The number of aromatic amines is 1. The zero-order chi connectivity index (χ0) is 13.0. The molecule has 0 fully saturated rings. The third-order valence-electron chi connectivity index (χ3n) is 2.32. The Morgan fingerprint density at radius 2 is 2.28 bits per heavy atom. The molecule has 0 amide bonds. The first-order valence-corrected chi connectivity index (χ1v) is 5.85. The Bertz CT molecular complexity index is 513. The van der Waals surface area contributed by atoms with Crippen LogP contribution in [0.3, 0.4) is 0 Å². The number of aromatic nitrogens is 4. The summed E-state index contributed by atoms with van der Waals surface area (Å²) in [5.74, 6) is 1.03. The van der Waals surface area contributed by atoms with Gasteiger partial charge < -0.3 is 14.8 Å². The van der Waals surface area contributed by atoms with Gasteiger partial charge in [-0.2, -0.15) is 15.1 Å². The van der Waals surface area contributed by atoms with E-state index in [2.05, 4.69) is 25.5 Å². The fourth-order valence-corrected chi connectivity index (χ4v) is 1.59. The lowest BCUT2D eigenvalue weighted by Gasteiger charge is -2.14. The third-order valence-corrected chi connectivity index (χ3v) is 2.32. The Morgan fingerprint density at radius 1 is 1.44 bits per heavy atom. The molecule has 0 aliphatic rings. The van der Waals surface area contributed by atoms with Crippen LogP contribution in [0, 0.1) is 0 Å². The molecule has 2 aromatic rings. The maximum absolute atomic E-state index is 5.74. The number of methoxy groups -OCH3 is 1. The molecule has 2 N–H and O–H groups in total. The fraction of sp³-hybridized carbons (Fsp3) is 0.545. The summed E-state index contributed by atoms with van der Waals surface area (Å²) in [7, 11) is 1.64. The van der Waals surface area contributed by atoms with Crippen molar-refractivity contribution in [1.82, 2.24) is 20.2 Å². The van der Waals surface area contributed by atoms with Crippen LogP contribution in [-0.4, -0.2) is 46.5 Å². The van der Waals surface area contributed by atoms with Crippen molar-refractivity contribution in [2.75, 3.05) is 25.6 Å². The monoisotopic (exact) mass is 251 g/mol. The first-order valence-electron chi connectivity index (χ1n) is 5.85. The Kier molecular flexibility index (Phi) is 3.93. The van der Waals surface area contributed by atoms with E-state index in [0.717, 1.165) is 11.9 Å². The molecule has 0 saturated heterocycles. The SMILES string of the molecule is CCNc1nc(OC(C)COC)c2cn[nH]c2n1. The largest absolute Gasteiger partial charge is 0.472 e. The van der Waals surface area contributed by atoms with Gasteiger partial charge in [0.1, 0.15) is 11.5 Å². The van der Waals surface area contributed by atoms with Crippen LogP contribution in [0.15, 0.2) is 6.20 Å². The average Bonchev–Trinajstić information content (AvgIpc) is 2.78. The van der Waals surface area contributed by atoms with Gasteiger partial charge in [-0.05, 0) is 13.8 Å². The number of nitrogens with zero attached hydrogens (tertiary/aromatic N) is 3. The molecule has 0 aromatic carbocycles. The van der Waals surface area contributed by atoms with E-state index in [1.807, 2.05) is 13.8 Å². The first-order chi connectivity index (χ1) is 8.74. The average molecular weight is 251 g/mol. The molecular weight excluding hydrogens is 234 g/mol. The van der Waals surface area contributed by atoms with Gasteiger partial charge in [-0.25, -0.2) is 0 Å². The van der Waals surface area contributed by atoms with E-state index < -0.39 is 0 Å². The minimum Gasteiger partial charge on any atom is -0.472 e. The van der Waals surface area contributed by atoms with Gasteiger partial charge in [0.25, 0.3) is 0 Å². The van der Waals surface area contributed by atoms with Crippen LogP contribution in [-0.2, 0) is 4.74 Å². The van der Waals surface area contributed by atoms with Gasteiger partial charge >= 0.3 is 0 Å². The predicted molar refractivity (Wildman–Crippen MR) is 67.8 cm³/mol. The van der Waals surface area contributed by atoms with Crippen molar-refractivity contribution in [3.8, 4) is 5.88 Å². The van der Waals surface area contributed by atoms with E-state index in [1.165, 1.54) is 0 Å². The molecule has 0 bridgehead atoms. The number of hydrogen-bond donors (Lipinski definition) is 2. The van der Waals surface area contributed by atoms with E-state index in [-0.39, 0.29) is 6.10 Å². The fourth-order valence-electron chi connectivity index (χ4n) is 1.59. The van der Waals surface area contributed by atoms with Crippen LogP contribution in [0.1, 0.15) is 13.8 Å². The molecule has 2 aromatic heterocycles. The highest BCUT2D eigenvalue weighted by Crippen LogP contribution is 2.23. The lowest BCUT2D eigenvalue weighted by molar-refractivity contribution is 0.0901. The number of H-pyrrole nitrogens is 1. The molecule has 7 nitrogen and oxygen atoms in total. The number of anilines is 1. The highest BCUT2D eigenvalue weighted by Gasteiger charge is 2.13. The lowest BCUT2D eigenvalue weighted by Crippen LogP contribution is -2.19. The number of ether oxygens (including phenoxy) is 2. The van der Waals surface area contributed by atoms with Gasteiger partial charge in [-0.3, -0.25) is 5.10 Å². The van der Waals surface area contributed by atoms with Crippen molar-refractivity contribution in [2.45, 2.75) is 20.0 Å². The molecule has 18 heavy (non-hydrogen) atoms. The molecule has 2 heterocycles. The van der Waals surface area contributed by atoms with Gasteiger partial charge in [-0.15, -0.1) is 0 Å². The second kappa shape index (κ2) is 5.63. The molecule has 98 valence electrons. The number of nitrogens with one attached hydrogen (secondary N) is 2. The molecule has 0 saturated carbocycles. The summed E-state index contributed by atoms with van der Waals surface area (Å²) in [6.45, 7) is 5.14. The van der Waals surface area contributed by atoms with Gasteiger partial charge in [-0.1, -0.05) is 0 Å². The number of hydrogen-bond acceptors (Lipinski definition) is 6. The molecule has 0 aliphatic carbocycles. The van der Waals surface area contributed by atoms with Gasteiger partial charge in [0.05, 0.1) is 12.8 Å². The maximum atomic E-state index is 5.74. The van der Waals surface area contributed by atoms with E-state index >= 15 is 0 Å². The van der Waals surface area contributed by atoms with Crippen LogP contribution >= 0.6 is 0 Å². The summed E-state index contributed by atoms with van der Waals surface area (Å²) in [6.07, 6.45) is 1.57. The van der Waals surface area contributed by atoms with Crippen molar-refractivity contribution in [1.29, 1.82) is 0 Å². The van der Waals surface area contributed by atoms with Crippen LogP contribution in [0.2, 0.25) is 0 Å². The number of rotatable bonds is 6. The maximum Gasteiger partial charge on any atom is 0.229 e. The first kappa shape index (κ1) is 12.6. The molecule has 1 unspecified atom stereocenters. The van der Waals surface area contributed by atoms with Crippen molar-refractivity contribution >= 4 is 17.0 Å². The van der Waals surface area contributed by atoms with E-state index in [1.54, 1.807) is 13.3 Å². The zero-order valence-corrected chi connectivity index (χ0v) is 10.7. The highest BCUT2D eigenvalue weighted by atomic mass is 16.5. The van der Waals surface area contributed by atoms with Crippen LogP contribution in [0.5, 0.6) is 5.88 Å². The topological polar surface area (TPSA) is 85.0 Å². The summed E-state index contributed by atoms with van der Waals surface area (Å²) < 4.78 is 10.8. The smallest absolute Gasteiger partial charge is 0.229 e. The van der Waals surface area contributed by atoms with Crippen LogP contribution < -0.4 is 10.1 Å². The summed E-state index contributed by atoms with van der Waals surface area (Å²) in [5, 5.41) is 10.6. The molecule has 7 heteroatoms. The third kappa shape index (κ3) is 2.67. The highest BCUT2D eigenvalue weighted by molar-refractivity contribution is 5.80. The molecule has 0 radical (unpaired) electrons. The molecule has 0 spiro atoms. The molecule has 2 rings (SSSR count). The quantitative estimate of drug-likeness (QED) is 0.802. The van der Waals surface area contributed by atoms with Crippen molar-refractivity contribution in [3.63, 3.8) is 0 Å². The van der Waals surface area contributed by atoms with Gasteiger partial charge in [0.2, 0.25) is 11.8 Å². The molecule has 1 atom stereocenters. The Hall–Kier alpha value is -1.89. The van der Waals surface area contributed by atoms with E-state index in [0.29, 0.717) is 24.1 Å². The summed E-state index contributed by atoms with van der Waals surface area (Å²) in [6, 6.07) is 0. The summed E-state index contributed by atoms with van der Waals surface area (Å²) >= 11 is 0. The van der Waals surface area contributed by atoms with Crippen molar-refractivity contribution in [2.24, 2.45) is 0 Å². The summed E-state index contributed by atoms with van der Waals surface area (Å²) in [4.78, 5) is 8.61. The summed E-state index contributed by atoms with van der Waals surface area (Å²) in [5.41, 5.74) is 0.653. The molecular formula is C11H17N5O2. The lowest BCUT2D eigenvalue weighted by atomic mass is 10.4. The Balaban J connectivity index is 2.31. The normalized spacial score (nSPS) is 12.6. The second-order valence-electron chi connectivity index (χ2n) is 3.90. The van der Waals surface area contributed by atoms with Crippen molar-refractivity contribution in [3.05, 3.63) is 6.20 Å². The zero-order valence-electron chi connectivity index (χ0n) is 10.7. The second-order valence-corrected chi connectivity index (χ2v) is 3.90. The minimum atomic E-state index is -0.0857. The minimum absolute atomic E-state index is 0.0857. The van der Waals surface area contributed by atoms with Crippen molar-refractivity contribution < 1.29 is 9.47 Å². The molecule has 0 aliphatic heterocycles. The van der Waals surface area contributed by atoms with Crippen LogP contribution in [0.4, 0.5) is 5.95 Å². The van der Waals surface area contributed by atoms with E-state index in [4.69, 9.17) is 9.47 Å².